The van der Waals surface area contributed by atoms with Crippen molar-refractivity contribution >= 4 is 0 Å². The lowest BCUT2D eigenvalue weighted by Gasteiger charge is -2.05. The van der Waals surface area contributed by atoms with Gasteiger partial charge in [0.1, 0.15) is 5.75 Å². The zero-order valence-corrected chi connectivity index (χ0v) is 10.9. The minimum Gasteiger partial charge on any atom is -0.496 e. The summed E-state index contributed by atoms with van der Waals surface area (Å²) < 4.78 is 10.6. The van der Waals surface area contributed by atoms with Gasteiger partial charge in [-0.3, -0.25) is 0 Å². The largest absolute Gasteiger partial charge is 0.496 e. The first kappa shape index (κ1) is 12.2. The van der Waals surface area contributed by atoms with E-state index in [-0.39, 0.29) is 6.04 Å². The fraction of sp³-hybridized carbons (Fsp3) is 0.429. The molecule has 2 aromatic rings. The second-order valence-corrected chi connectivity index (χ2v) is 4.90. The number of nitrogens with zero attached hydrogens (tertiary/aromatic N) is 2. The molecule has 100 valence electrons. The maximum Gasteiger partial charge on any atom is 0.243 e. The van der Waals surface area contributed by atoms with Gasteiger partial charge in [0, 0.05) is 12.0 Å². The topological polar surface area (TPSA) is 74.2 Å². The molecule has 1 aromatic heterocycles. The molecule has 5 heteroatoms. The Hall–Kier alpha value is -1.88. The molecule has 2 N–H and O–H groups in total. The number of hydrogen-bond acceptors (Lipinski definition) is 5. The monoisotopic (exact) mass is 259 g/mol. The molecule has 0 aliphatic heterocycles. The number of benzene rings is 1. The number of nitrogens with two attached hydrogens (primary N) is 1. The molecular weight excluding hydrogens is 242 g/mol. The molecule has 1 atom stereocenters. The Labute approximate surface area is 111 Å². The average Bonchev–Trinajstić information content (AvgIpc) is 3.19. The van der Waals surface area contributed by atoms with E-state index in [4.69, 9.17) is 15.0 Å². The van der Waals surface area contributed by atoms with Crippen molar-refractivity contribution in [2.75, 3.05) is 7.11 Å². The van der Waals surface area contributed by atoms with E-state index in [1.165, 1.54) is 0 Å². The summed E-state index contributed by atoms with van der Waals surface area (Å²) in [6.45, 7) is 0. The molecule has 19 heavy (non-hydrogen) atoms. The van der Waals surface area contributed by atoms with Crippen molar-refractivity contribution in [1.29, 1.82) is 0 Å². The predicted octanol–water partition coefficient (Wildman–Crippen LogP) is 2.08. The van der Waals surface area contributed by atoms with Crippen molar-refractivity contribution in [2.24, 2.45) is 11.7 Å². The first-order chi connectivity index (χ1) is 9.28. The Bertz CT molecular complexity index is 563. The molecular formula is C14H17N3O2. The summed E-state index contributed by atoms with van der Waals surface area (Å²) >= 11 is 0. The van der Waals surface area contributed by atoms with Gasteiger partial charge in [0.05, 0.1) is 13.2 Å². The summed E-state index contributed by atoms with van der Waals surface area (Å²) in [4.78, 5) is 4.38. The molecule has 1 heterocycles. The van der Waals surface area contributed by atoms with Crippen molar-refractivity contribution in [2.45, 2.75) is 25.3 Å². The number of methoxy groups -OCH3 is 1. The third-order valence-corrected chi connectivity index (χ3v) is 3.44. The van der Waals surface area contributed by atoms with Crippen LogP contribution >= 0.6 is 0 Å². The van der Waals surface area contributed by atoms with Crippen molar-refractivity contribution in [3.63, 3.8) is 0 Å². The van der Waals surface area contributed by atoms with Crippen LogP contribution in [0.15, 0.2) is 28.8 Å². The van der Waals surface area contributed by atoms with Crippen LogP contribution in [0.1, 0.15) is 36.2 Å². The molecule has 0 radical (unpaired) electrons. The van der Waals surface area contributed by atoms with Crippen LogP contribution in [0.25, 0.3) is 0 Å². The van der Waals surface area contributed by atoms with E-state index in [0.717, 1.165) is 24.2 Å². The number of aromatic nitrogens is 2. The zero-order chi connectivity index (χ0) is 13.2. The van der Waals surface area contributed by atoms with Crippen LogP contribution in [0.4, 0.5) is 0 Å². The van der Waals surface area contributed by atoms with E-state index < -0.39 is 0 Å². The number of hydrogen-bond donors (Lipinski definition) is 1. The Morgan fingerprint density at radius 1 is 1.42 bits per heavy atom. The van der Waals surface area contributed by atoms with Gasteiger partial charge in [-0.15, -0.1) is 0 Å². The Kier molecular flexibility index (Phi) is 3.21. The van der Waals surface area contributed by atoms with Gasteiger partial charge in [0.15, 0.2) is 5.82 Å². The summed E-state index contributed by atoms with van der Waals surface area (Å²) in [7, 11) is 1.66. The maximum absolute atomic E-state index is 6.04. The molecule has 3 rings (SSSR count). The third-order valence-electron chi connectivity index (χ3n) is 3.44. The molecule has 1 aliphatic rings. The van der Waals surface area contributed by atoms with Gasteiger partial charge < -0.3 is 15.0 Å². The number of para-hydroxylation sites is 1. The first-order valence-corrected chi connectivity index (χ1v) is 6.48. The lowest BCUT2D eigenvalue weighted by Crippen LogP contribution is -2.12. The highest BCUT2D eigenvalue weighted by Gasteiger charge is 2.33. The molecule has 1 saturated carbocycles. The van der Waals surface area contributed by atoms with Gasteiger partial charge in [-0.05, 0) is 24.8 Å². The average molecular weight is 259 g/mol. The molecule has 1 unspecified atom stereocenters. The maximum atomic E-state index is 6.04. The quantitative estimate of drug-likeness (QED) is 0.889. The number of ether oxygens (including phenoxy) is 1. The highest BCUT2D eigenvalue weighted by atomic mass is 16.5. The van der Waals surface area contributed by atoms with Gasteiger partial charge >= 0.3 is 0 Å². The second-order valence-electron chi connectivity index (χ2n) is 4.90. The molecule has 0 spiro atoms. The minimum absolute atomic E-state index is 0.112. The molecule has 5 nitrogen and oxygen atoms in total. The fourth-order valence-electron chi connectivity index (χ4n) is 2.15. The first-order valence-electron chi connectivity index (χ1n) is 6.48. The second kappa shape index (κ2) is 5.01. The molecule has 1 aromatic carbocycles. The highest BCUT2D eigenvalue weighted by molar-refractivity contribution is 5.35. The van der Waals surface area contributed by atoms with Gasteiger partial charge in [-0.25, -0.2) is 0 Å². The van der Waals surface area contributed by atoms with E-state index in [1.54, 1.807) is 7.11 Å². The summed E-state index contributed by atoms with van der Waals surface area (Å²) in [5, 5.41) is 4.00. The molecule has 1 aliphatic carbocycles. The third kappa shape index (κ3) is 2.61. The van der Waals surface area contributed by atoms with E-state index in [2.05, 4.69) is 10.1 Å². The Balaban J connectivity index is 1.76. The van der Waals surface area contributed by atoms with Gasteiger partial charge in [-0.1, -0.05) is 23.4 Å². The van der Waals surface area contributed by atoms with Crippen molar-refractivity contribution in [3.05, 3.63) is 41.5 Å². The van der Waals surface area contributed by atoms with Crippen LogP contribution in [0.3, 0.4) is 0 Å². The minimum atomic E-state index is -0.112. The Morgan fingerprint density at radius 2 is 2.21 bits per heavy atom. The van der Waals surface area contributed by atoms with Crippen LogP contribution in [0, 0.1) is 5.92 Å². The van der Waals surface area contributed by atoms with E-state index in [0.29, 0.717) is 24.1 Å². The van der Waals surface area contributed by atoms with Crippen molar-refractivity contribution < 1.29 is 9.26 Å². The predicted molar refractivity (Wildman–Crippen MR) is 69.8 cm³/mol. The summed E-state index contributed by atoms with van der Waals surface area (Å²) in [5.74, 6) is 2.54. The SMILES string of the molecule is COc1ccccc1Cc1noc(C(N)C2CC2)n1. The lowest BCUT2D eigenvalue weighted by atomic mass is 10.1. The number of rotatable bonds is 5. The smallest absolute Gasteiger partial charge is 0.243 e. The van der Waals surface area contributed by atoms with E-state index in [1.807, 2.05) is 24.3 Å². The fourth-order valence-corrected chi connectivity index (χ4v) is 2.15. The van der Waals surface area contributed by atoms with Gasteiger partial charge in [0.25, 0.3) is 0 Å². The van der Waals surface area contributed by atoms with Crippen LogP contribution in [0.5, 0.6) is 5.75 Å². The highest BCUT2D eigenvalue weighted by Crippen LogP contribution is 2.38. The summed E-state index contributed by atoms with van der Waals surface area (Å²) in [5.41, 5.74) is 7.08. The van der Waals surface area contributed by atoms with Crippen LogP contribution in [-0.2, 0) is 6.42 Å². The zero-order valence-electron chi connectivity index (χ0n) is 10.9. The van der Waals surface area contributed by atoms with Crippen LogP contribution < -0.4 is 10.5 Å². The molecule has 0 amide bonds. The summed E-state index contributed by atoms with van der Waals surface area (Å²) in [6.07, 6.45) is 2.90. The van der Waals surface area contributed by atoms with Crippen LogP contribution in [-0.4, -0.2) is 17.3 Å². The van der Waals surface area contributed by atoms with Crippen molar-refractivity contribution in [1.82, 2.24) is 10.1 Å². The van der Waals surface area contributed by atoms with E-state index >= 15 is 0 Å². The van der Waals surface area contributed by atoms with Gasteiger partial charge in [-0.2, -0.15) is 4.98 Å². The molecule has 0 bridgehead atoms. The Morgan fingerprint density at radius 3 is 2.95 bits per heavy atom. The summed E-state index contributed by atoms with van der Waals surface area (Å²) in [6, 6.07) is 7.71. The van der Waals surface area contributed by atoms with E-state index in [9.17, 15) is 0 Å². The van der Waals surface area contributed by atoms with Gasteiger partial charge in [0.2, 0.25) is 5.89 Å². The normalized spacial score (nSPS) is 16.3. The molecule has 0 saturated heterocycles. The molecule has 1 fully saturated rings. The van der Waals surface area contributed by atoms with Crippen molar-refractivity contribution in [3.8, 4) is 5.75 Å². The standard InChI is InChI=1S/C14H17N3O2/c1-18-11-5-3-2-4-10(11)8-12-16-14(19-17-12)13(15)9-6-7-9/h2-5,9,13H,6-8,15H2,1H3. The van der Waals surface area contributed by atoms with Crippen LogP contribution in [0.2, 0.25) is 0 Å². The lowest BCUT2D eigenvalue weighted by molar-refractivity contribution is 0.340.